The molecule has 2 aromatic carbocycles. The Balaban J connectivity index is 1.26. The summed E-state index contributed by atoms with van der Waals surface area (Å²) in [4.78, 5) is 52.1. The van der Waals surface area contributed by atoms with Crippen LogP contribution >= 0.6 is 0 Å². The molecule has 2 saturated heterocycles. The van der Waals surface area contributed by atoms with Gasteiger partial charge in [-0.3, -0.25) is 5.32 Å². The molecular weight excluding hydrogens is 564 g/mol. The molecule has 15 nitrogen and oxygen atoms in total. The predicted octanol–water partition coefficient (Wildman–Crippen LogP) is 3.43. The molecule has 2 aliphatic rings. The van der Waals surface area contributed by atoms with E-state index in [2.05, 4.69) is 30.6 Å². The Morgan fingerprint density at radius 2 is 1.77 bits per heavy atom. The molecule has 0 saturated carbocycles. The molecule has 0 radical (unpaired) electrons. The lowest BCUT2D eigenvalue weighted by molar-refractivity contribution is -0.191. The van der Waals surface area contributed by atoms with Crippen molar-refractivity contribution in [3.05, 3.63) is 71.8 Å². The average Bonchev–Trinajstić information content (AvgIpc) is 3.65. The van der Waals surface area contributed by atoms with Gasteiger partial charge in [-0.15, -0.1) is 0 Å². The lowest BCUT2D eigenvalue weighted by Crippen LogP contribution is -2.34. The molecule has 4 heterocycles. The van der Waals surface area contributed by atoms with E-state index in [-0.39, 0.29) is 40.8 Å². The molecule has 0 spiro atoms. The van der Waals surface area contributed by atoms with Gasteiger partial charge in [-0.2, -0.15) is 0 Å². The minimum atomic E-state index is -1.35. The summed E-state index contributed by atoms with van der Waals surface area (Å²) in [5.41, 5.74) is 0.761. The number of nitrogens with zero attached hydrogens (tertiary/aromatic N) is 3. The van der Waals surface area contributed by atoms with Crippen LogP contribution in [0.2, 0.25) is 0 Å². The van der Waals surface area contributed by atoms with E-state index in [1.807, 2.05) is 6.07 Å². The number of amides is 2. The number of para-hydroxylation sites is 1. The summed E-state index contributed by atoms with van der Waals surface area (Å²) < 4.78 is 24.3. The number of ether oxygens (including phenoxy) is 4. The smallest absolute Gasteiger partial charge is 0.339 e. The summed E-state index contributed by atoms with van der Waals surface area (Å²) in [6, 6.07) is 11.9. The zero-order valence-corrected chi connectivity index (χ0v) is 22.8. The zero-order valence-electron chi connectivity index (χ0n) is 22.8. The van der Waals surface area contributed by atoms with Gasteiger partial charge in [0, 0.05) is 5.69 Å². The molecule has 43 heavy (non-hydrogen) atoms. The third-order valence-corrected chi connectivity index (χ3v) is 6.83. The van der Waals surface area contributed by atoms with E-state index < -0.39 is 48.2 Å². The second kappa shape index (κ2) is 10.9. The number of carboxylic acid groups (broad SMARTS) is 2. The third-order valence-electron chi connectivity index (χ3n) is 6.83. The Kier molecular flexibility index (Phi) is 7.13. The monoisotopic (exact) mass is 590 g/mol. The van der Waals surface area contributed by atoms with E-state index in [0.29, 0.717) is 11.2 Å². The first-order chi connectivity index (χ1) is 20.6. The normalized spacial score (nSPS) is 22.2. The molecule has 2 aliphatic heterocycles. The van der Waals surface area contributed by atoms with Gasteiger partial charge in [-0.05, 0) is 44.2 Å². The van der Waals surface area contributed by atoms with Crippen LogP contribution in [0.1, 0.15) is 46.5 Å². The molecule has 2 amide bonds. The van der Waals surface area contributed by atoms with Crippen LogP contribution < -0.4 is 15.4 Å². The van der Waals surface area contributed by atoms with Gasteiger partial charge >= 0.3 is 18.0 Å². The van der Waals surface area contributed by atoms with Gasteiger partial charge in [-0.25, -0.2) is 29.3 Å². The SMILES string of the molecule is CC1(C)OC2C(COc3ccc(C(=O)O)cc3C(=O)O)OC(c3nc(NC(=O)Nc4ccccc4)c4[nH]cnc4n3)C2O1. The number of aromatic amines is 1. The number of aromatic nitrogens is 4. The van der Waals surface area contributed by atoms with Crippen molar-refractivity contribution < 1.29 is 43.5 Å². The number of carbonyl (C=O) groups is 3. The Labute approximate surface area is 243 Å². The summed E-state index contributed by atoms with van der Waals surface area (Å²) in [6.07, 6.45) is -1.53. The van der Waals surface area contributed by atoms with Crippen LogP contribution in [0.15, 0.2) is 54.9 Å². The molecule has 2 aromatic heterocycles. The largest absolute Gasteiger partial charge is 0.490 e. The molecular formula is C28H26N6O9. The average molecular weight is 591 g/mol. The van der Waals surface area contributed by atoms with E-state index in [0.717, 1.165) is 6.07 Å². The van der Waals surface area contributed by atoms with E-state index in [4.69, 9.17) is 18.9 Å². The molecule has 0 aliphatic carbocycles. The summed E-state index contributed by atoms with van der Waals surface area (Å²) in [5, 5.41) is 24.3. The molecule has 4 atom stereocenters. The maximum atomic E-state index is 12.8. The molecule has 0 bridgehead atoms. The fraction of sp³-hybridized carbons (Fsp3) is 0.286. The number of benzene rings is 2. The molecule has 6 rings (SSSR count). The number of H-pyrrole nitrogens is 1. The number of carbonyl (C=O) groups excluding carboxylic acids is 1. The van der Waals surface area contributed by atoms with Crippen LogP contribution in [0.25, 0.3) is 11.2 Å². The van der Waals surface area contributed by atoms with Gasteiger partial charge in [0.25, 0.3) is 0 Å². The maximum Gasteiger partial charge on any atom is 0.339 e. The number of imidazole rings is 1. The lowest BCUT2D eigenvalue weighted by Gasteiger charge is -2.24. The quantitative estimate of drug-likeness (QED) is 0.200. The zero-order chi connectivity index (χ0) is 30.3. The number of fused-ring (bicyclic) bond motifs is 2. The fourth-order valence-electron chi connectivity index (χ4n) is 5.01. The van der Waals surface area contributed by atoms with Crippen LogP contribution in [0.3, 0.4) is 0 Å². The lowest BCUT2D eigenvalue weighted by atomic mass is 10.1. The van der Waals surface area contributed by atoms with Gasteiger partial charge in [0.05, 0.1) is 11.9 Å². The van der Waals surface area contributed by atoms with Crippen molar-refractivity contribution in [2.45, 2.75) is 44.1 Å². The first-order valence-corrected chi connectivity index (χ1v) is 13.2. The van der Waals surface area contributed by atoms with Crippen molar-refractivity contribution in [3.63, 3.8) is 0 Å². The van der Waals surface area contributed by atoms with E-state index >= 15 is 0 Å². The molecule has 222 valence electrons. The molecule has 4 unspecified atom stereocenters. The molecule has 15 heteroatoms. The number of nitrogens with one attached hydrogen (secondary N) is 3. The highest BCUT2D eigenvalue weighted by atomic mass is 16.8. The third kappa shape index (κ3) is 5.68. The van der Waals surface area contributed by atoms with E-state index in [1.54, 1.807) is 38.1 Å². The van der Waals surface area contributed by atoms with Crippen molar-refractivity contribution >= 4 is 40.6 Å². The van der Waals surface area contributed by atoms with E-state index in [1.165, 1.54) is 18.5 Å². The number of urea groups is 1. The van der Waals surface area contributed by atoms with Gasteiger partial charge in [0.2, 0.25) is 0 Å². The van der Waals surface area contributed by atoms with Crippen LogP contribution in [-0.2, 0) is 14.2 Å². The number of hydrogen-bond donors (Lipinski definition) is 5. The summed E-state index contributed by atoms with van der Waals surface area (Å²) >= 11 is 0. The number of anilines is 2. The highest BCUT2D eigenvalue weighted by Gasteiger charge is 2.57. The van der Waals surface area contributed by atoms with Crippen molar-refractivity contribution in [1.29, 1.82) is 0 Å². The first-order valence-electron chi connectivity index (χ1n) is 13.2. The van der Waals surface area contributed by atoms with E-state index in [9.17, 15) is 24.6 Å². The standard InChI is InChI=1S/C28H26N6O9/c1-28(2)42-19-17(11-40-16-9-8-13(25(35)36)10-15(16)26(37)38)41-21(20(19)43-28)24-32-22-18(29-12-30-22)23(33-24)34-27(39)31-14-6-4-3-5-7-14/h3-10,12,17,19-21H,11H2,1-2H3,(H,35,36)(H,37,38)(H3,29,30,31,32,33,34,39). The number of rotatable bonds is 8. The second-order valence-corrected chi connectivity index (χ2v) is 10.3. The topological polar surface area (TPSA) is 207 Å². The molecule has 5 N–H and O–H groups in total. The summed E-state index contributed by atoms with van der Waals surface area (Å²) in [5.74, 6) is -3.31. The highest BCUT2D eigenvalue weighted by molar-refractivity contribution is 6.03. The Morgan fingerprint density at radius 3 is 2.51 bits per heavy atom. The summed E-state index contributed by atoms with van der Waals surface area (Å²) in [7, 11) is 0. The van der Waals surface area contributed by atoms with Crippen molar-refractivity contribution in [2.24, 2.45) is 0 Å². The van der Waals surface area contributed by atoms with Gasteiger partial charge < -0.3 is 39.5 Å². The van der Waals surface area contributed by atoms with Crippen molar-refractivity contribution in [3.8, 4) is 5.75 Å². The first kappa shape index (κ1) is 28.0. The van der Waals surface area contributed by atoms with Gasteiger partial charge in [0.15, 0.2) is 23.1 Å². The second-order valence-electron chi connectivity index (χ2n) is 10.3. The van der Waals surface area contributed by atoms with Crippen LogP contribution in [-0.4, -0.2) is 78.8 Å². The number of hydrogen-bond acceptors (Lipinski definition) is 10. The van der Waals surface area contributed by atoms with Crippen molar-refractivity contribution in [1.82, 2.24) is 19.9 Å². The Hall–Kier alpha value is -5.12. The number of aromatic carboxylic acids is 2. The predicted molar refractivity (Wildman–Crippen MR) is 148 cm³/mol. The minimum Gasteiger partial charge on any atom is -0.490 e. The van der Waals surface area contributed by atoms with Crippen molar-refractivity contribution in [2.75, 3.05) is 17.2 Å². The molecule has 4 aromatic rings. The molecule has 2 fully saturated rings. The van der Waals surface area contributed by atoms with Crippen LogP contribution in [0.4, 0.5) is 16.3 Å². The van der Waals surface area contributed by atoms with Crippen LogP contribution in [0.5, 0.6) is 5.75 Å². The summed E-state index contributed by atoms with van der Waals surface area (Å²) in [6.45, 7) is 3.33. The fourth-order valence-corrected chi connectivity index (χ4v) is 5.01. The van der Waals surface area contributed by atoms with Gasteiger partial charge in [-0.1, -0.05) is 18.2 Å². The maximum absolute atomic E-state index is 12.8. The highest BCUT2D eigenvalue weighted by Crippen LogP contribution is 2.45. The van der Waals surface area contributed by atoms with Gasteiger partial charge in [0.1, 0.15) is 47.9 Å². The minimum absolute atomic E-state index is 0.0376. The Bertz CT molecular complexity index is 1710. The number of carboxylic acids is 2. The van der Waals surface area contributed by atoms with Crippen LogP contribution in [0, 0.1) is 0 Å². The Morgan fingerprint density at radius 1 is 1.00 bits per heavy atom.